The highest BCUT2D eigenvalue weighted by Crippen LogP contribution is 2.30. The fourth-order valence-electron chi connectivity index (χ4n) is 2.26. The minimum atomic E-state index is 0. The second-order valence-corrected chi connectivity index (χ2v) is 5.60. The highest BCUT2D eigenvalue weighted by molar-refractivity contribution is 14.0. The lowest BCUT2D eigenvalue weighted by atomic mass is 10.2. The molecule has 0 amide bonds. The van der Waals surface area contributed by atoms with Crippen molar-refractivity contribution >= 4 is 29.9 Å². The predicted octanol–water partition coefficient (Wildman–Crippen LogP) is 3.54. The second kappa shape index (κ2) is 11.6. The van der Waals surface area contributed by atoms with Gasteiger partial charge in [0.25, 0.3) is 0 Å². The fraction of sp³-hybridized carbons (Fsp3) is 0.316. The van der Waals surface area contributed by atoms with Crippen LogP contribution in [0.3, 0.4) is 0 Å². The van der Waals surface area contributed by atoms with Gasteiger partial charge in [-0.05, 0) is 36.8 Å². The van der Waals surface area contributed by atoms with Gasteiger partial charge >= 0.3 is 0 Å². The van der Waals surface area contributed by atoms with E-state index in [0.717, 1.165) is 11.3 Å². The molecule has 142 valence electrons. The third-order valence-corrected chi connectivity index (χ3v) is 3.46. The van der Waals surface area contributed by atoms with E-state index in [4.69, 9.17) is 19.9 Å². The van der Waals surface area contributed by atoms with Crippen LogP contribution in [0.5, 0.6) is 17.2 Å². The van der Waals surface area contributed by atoms with Crippen LogP contribution in [0.4, 0.5) is 0 Å². The summed E-state index contributed by atoms with van der Waals surface area (Å²) in [6, 6.07) is 15.4. The average Bonchev–Trinajstić information content (AvgIpc) is 2.62. The molecule has 7 heteroatoms. The molecule has 0 bridgehead atoms. The fourth-order valence-corrected chi connectivity index (χ4v) is 2.26. The van der Waals surface area contributed by atoms with Gasteiger partial charge in [0, 0.05) is 13.2 Å². The van der Waals surface area contributed by atoms with Gasteiger partial charge in [-0.1, -0.05) is 24.3 Å². The summed E-state index contributed by atoms with van der Waals surface area (Å²) in [7, 11) is 3.27. The maximum absolute atomic E-state index is 5.86. The van der Waals surface area contributed by atoms with Crippen molar-refractivity contribution in [1.82, 2.24) is 5.32 Å². The van der Waals surface area contributed by atoms with Crippen molar-refractivity contribution < 1.29 is 14.2 Å². The number of nitrogens with zero attached hydrogens (tertiary/aromatic N) is 1. The largest absolute Gasteiger partial charge is 0.493 e. The van der Waals surface area contributed by atoms with Gasteiger partial charge in [-0.2, -0.15) is 0 Å². The first-order valence-electron chi connectivity index (χ1n) is 8.07. The van der Waals surface area contributed by atoms with E-state index in [9.17, 15) is 0 Å². The Morgan fingerprint density at radius 3 is 2.35 bits per heavy atom. The van der Waals surface area contributed by atoms with E-state index in [0.29, 0.717) is 30.6 Å². The van der Waals surface area contributed by atoms with E-state index < -0.39 is 0 Å². The monoisotopic (exact) mass is 471 g/mol. The molecule has 2 rings (SSSR count). The molecule has 0 heterocycles. The van der Waals surface area contributed by atoms with Crippen LogP contribution in [0.15, 0.2) is 53.5 Å². The zero-order chi connectivity index (χ0) is 18.1. The Labute approximate surface area is 171 Å². The molecule has 0 radical (unpaired) electrons. The Bertz CT molecular complexity index is 693. The molecule has 2 aromatic rings. The lowest BCUT2D eigenvalue weighted by Crippen LogP contribution is -2.40. The average molecular weight is 471 g/mol. The first-order chi connectivity index (χ1) is 12.1. The van der Waals surface area contributed by atoms with Crippen molar-refractivity contribution in [2.45, 2.75) is 19.5 Å². The lowest BCUT2D eigenvalue weighted by Gasteiger charge is -2.13. The van der Waals surface area contributed by atoms with E-state index in [1.807, 2.05) is 55.5 Å². The normalized spacial score (nSPS) is 12.0. The molecule has 0 spiro atoms. The van der Waals surface area contributed by atoms with E-state index in [1.54, 1.807) is 14.2 Å². The molecule has 1 atom stereocenters. The van der Waals surface area contributed by atoms with Crippen LogP contribution in [0.2, 0.25) is 0 Å². The van der Waals surface area contributed by atoms with Crippen molar-refractivity contribution in [1.29, 1.82) is 0 Å². The molecule has 0 saturated carbocycles. The molecular formula is C19H26IN3O3. The summed E-state index contributed by atoms with van der Waals surface area (Å²) >= 11 is 0. The van der Waals surface area contributed by atoms with E-state index in [2.05, 4.69) is 10.3 Å². The number of aliphatic imine (C=N–C) groups is 1. The zero-order valence-electron chi connectivity index (χ0n) is 15.3. The number of hydrogen-bond acceptors (Lipinski definition) is 4. The molecule has 1 unspecified atom stereocenters. The van der Waals surface area contributed by atoms with Gasteiger partial charge in [-0.25, -0.2) is 4.99 Å². The minimum absolute atomic E-state index is 0. The molecule has 0 aliphatic carbocycles. The van der Waals surface area contributed by atoms with Crippen LogP contribution >= 0.6 is 24.0 Å². The van der Waals surface area contributed by atoms with Crippen LogP contribution in [0.1, 0.15) is 12.5 Å². The van der Waals surface area contributed by atoms with Gasteiger partial charge in [-0.3, -0.25) is 0 Å². The van der Waals surface area contributed by atoms with Crippen molar-refractivity contribution in [2.24, 2.45) is 10.7 Å². The van der Waals surface area contributed by atoms with Crippen molar-refractivity contribution in [3.63, 3.8) is 0 Å². The summed E-state index contributed by atoms with van der Waals surface area (Å²) in [6.45, 7) is 3.05. The number of para-hydroxylation sites is 2. The topological polar surface area (TPSA) is 78.1 Å². The maximum atomic E-state index is 5.86. The smallest absolute Gasteiger partial charge is 0.189 e. The zero-order valence-corrected chi connectivity index (χ0v) is 17.6. The van der Waals surface area contributed by atoms with Gasteiger partial charge in [0.2, 0.25) is 0 Å². The van der Waals surface area contributed by atoms with Crippen LogP contribution in [0, 0.1) is 0 Å². The molecule has 2 aromatic carbocycles. The van der Waals surface area contributed by atoms with E-state index >= 15 is 0 Å². The molecule has 0 saturated heterocycles. The van der Waals surface area contributed by atoms with E-state index in [1.165, 1.54) is 0 Å². The molecule has 6 nitrogen and oxygen atoms in total. The first kappa shape index (κ1) is 22.0. The first-order valence-corrected chi connectivity index (χ1v) is 8.07. The standard InChI is InChI=1S/C19H25N3O3.HI/c1-14(13-23-2)22-19(20)21-12-15-8-10-16(11-9-15)25-18-7-5-4-6-17(18)24-3;/h4-11,14H,12-13H2,1-3H3,(H3,20,21,22);1H. The third-order valence-electron chi connectivity index (χ3n) is 3.46. The minimum Gasteiger partial charge on any atom is -0.493 e. The summed E-state index contributed by atoms with van der Waals surface area (Å²) in [5, 5.41) is 3.07. The number of benzene rings is 2. The SMILES string of the molecule is COCC(C)NC(N)=NCc1ccc(Oc2ccccc2OC)cc1.I. The van der Waals surface area contributed by atoms with Crippen molar-refractivity contribution in [3.8, 4) is 17.2 Å². The Morgan fingerprint density at radius 2 is 1.73 bits per heavy atom. The van der Waals surface area contributed by atoms with Gasteiger partial charge in [0.15, 0.2) is 17.5 Å². The third kappa shape index (κ3) is 7.09. The van der Waals surface area contributed by atoms with Crippen LogP contribution in [-0.4, -0.2) is 32.8 Å². The Hall–Kier alpha value is -2.00. The van der Waals surface area contributed by atoms with Gasteiger partial charge in [0.05, 0.1) is 20.3 Å². The molecular weight excluding hydrogens is 445 g/mol. The summed E-state index contributed by atoms with van der Waals surface area (Å²) in [6.07, 6.45) is 0. The molecule has 26 heavy (non-hydrogen) atoms. The van der Waals surface area contributed by atoms with Crippen LogP contribution < -0.4 is 20.5 Å². The lowest BCUT2D eigenvalue weighted by molar-refractivity contribution is 0.179. The number of rotatable bonds is 8. The number of nitrogens with one attached hydrogen (secondary N) is 1. The number of halogens is 1. The van der Waals surface area contributed by atoms with Crippen LogP contribution in [0.25, 0.3) is 0 Å². The number of hydrogen-bond donors (Lipinski definition) is 2. The van der Waals surface area contributed by atoms with Gasteiger partial charge < -0.3 is 25.3 Å². The number of ether oxygens (including phenoxy) is 3. The molecule has 0 aromatic heterocycles. The second-order valence-electron chi connectivity index (χ2n) is 5.60. The Balaban J connectivity index is 0.00000338. The molecule has 0 aliphatic heterocycles. The van der Waals surface area contributed by atoms with Crippen LogP contribution in [-0.2, 0) is 11.3 Å². The number of nitrogens with two attached hydrogens (primary N) is 1. The molecule has 0 fully saturated rings. The summed E-state index contributed by atoms with van der Waals surface area (Å²) in [4.78, 5) is 4.32. The number of guanidine groups is 1. The van der Waals surface area contributed by atoms with Crippen molar-refractivity contribution in [3.05, 3.63) is 54.1 Å². The van der Waals surface area contributed by atoms with Crippen molar-refractivity contribution in [2.75, 3.05) is 20.8 Å². The van der Waals surface area contributed by atoms with Gasteiger partial charge in [0.1, 0.15) is 5.75 Å². The molecule has 0 aliphatic rings. The maximum Gasteiger partial charge on any atom is 0.189 e. The quantitative estimate of drug-likeness (QED) is 0.350. The molecule has 3 N–H and O–H groups in total. The predicted molar refractivity (Wildman–Crippen MR) is 115 cm³/mol. The summed E-state index contributed by atoms with van der Waals surface area (Å²) in [5.41, 5.74) is 6.90. The Morgan fingerprint density at radius 1 is 1.08 bits per heavy atom. The van der Waals surface area contributed by atoms with E-state index in [-0.39, 0.29) is 30.0 Å². The number of methoxy groups -OCH3 is 2. The van der Waals surface area contributed by atoms with Gasteiger partial charge in [-0.15, -0.1) is 24.0 Å². The Kier molecular flexibility index (Phi) is 9.82. The highest BCUT2D eigenvalue weighted by atomic mass is 127. The summed E-state index contributed by atoms with van der Waals surface area (Å²) < 4.78 is 16.2. The highest BCUT2D eigenvalue weighted by Gasteiger charge is 2.05. The summed E-state index contributed by atoms with van der Waals surface area (Å²) in [5.74, 6) is 2.51.